The van der Waals surface area contributed by atoms with Crippen molar-refractivity contribution in [2.75, 3.05) is 39.5 Å². The molecular weight excluding hydrogens is 224 g/mol. The van der Waals surface area contributed by atoms with Crippen molar-refractivity contribution in [3.63, 3.8) is 0 Å². The molecule has 18 heavy (non-hydrogen) atoms. The van der Waals surface area contributed by atoms with E-state index in [2.05, 4.69) is 40.3 Å². The third-order valence-corrected chi connectivity index (χ3v) is 3.74. The highest BCUT2D eigenvalue weighted by Crippen LogP contribution is 2.16. The quantitative estimate of drug-likeness (QED) is 0.878. The summed E-state index contributed by atoms with van der Waals surface area (Å²) in [7, 11) is 6.36. The van der Waals surface area contributed by atoms with Crippen molar-refractivity contribution in [3.8, 4) is 0 Å². The molecule has 1 unspecified atom stereocenters. The van der Waals surface area contributed by atoms with Gasteiger partial charge in [0.2, 0.25) is 0 Å². The topological polar surface area (TPSA) is 31.4 Å². The molecule has 0 bridgehead atoms. The van der Waals surface area contributed by atoms with Crippen LogP contribution in [0.4, 0.5) is 5.69 Å². The lowest BCUT2D eigenvalue weighted by molar-refractivity contribution is 0.128. The van der Waals surface area contributed by atoms with Gasteiger partial charge in [-0.3, -0.25) is 9.88 Å². The highest BCUT2D eigenvalue weighted by Gasteiger charge is 2.21. The minimum atomic E-state index is 0.656. The van der Waals surface area contributed by atoms with Gasteiger partial charge in [0, 0.05) is 38.1 Å². The number of hydrogen-bond acceptors (Lipinski definition) is 4. The Morgan fingerprint density at radius 3 is 3.11 bits per heavy atom. The fourth-order valence-corrected chi connectivity index (χ4v) is 2.60. The molecule has 2 heterocycles. The van der Waals surface area contributed by atoms with E-state index in [-0.39, 0.29) is 0 Å². The second kappa shape index (κ2) is 6.16. The fraction of sp³-hybridized carbons (Fsp3) is 0.643. The Balaban J connectivity index is 1.95. The monoisotopic (exact) mass is 248 g/mol. The number of piperidine rings is 1. The highest BCUT2D eigenvalue weighted by molar-refractivity contribution is 5.42. The maximum Gasteiger partial charge on any atom is 0.0564 e. The maximum atomic E-state index is 4.45. The summed E-state index contributed by atoms with van der Waals surface area (Å²) in [5.74, 6) is 0. The lowest BCUT2D eigenvalue weighted by Crippen LogP contribution is -2.44. The summed E-state index contributed by atoms with van der Waals surface area (Å²) in [5.41, 5.74) is 2.27. The summed E-state index contributed by atoms with van der Waals surface area (Å²) in [6.07, 6.45) is 4.48. The molecule has 1 aromatic rings. The highest BCUT2D eigenvalue weighted by atomic mass is 15.2. The zero-order valence-corrected chi connectivity index (χ0v) is 11.7. The molecule has 0 saturated carbocycles. The molecule has 1 atom stereocenters. The number of likely N-dealkylation sites (tertiary alicyclic amines) is 1. The Bertz CT molecular complexity index is 380. The van der Waals surface area contributed by atoms with Gasteiger partial charge >= 0.3 is 0 Å². The minimum Gasteiger partial charge on any atom is -0.388 e. The van der Waals surface area contributed by atoms with Gasteiger partial charge in [0.25, 0.3) is 0 Å². The van der Waals surface area contributed by atoms with Crippen molar-refractivity contribution in [1.29, 1.82) is 0 Å². The summed E-state index contributed by atoms with van der Waals surface area (Å²) in [4.78, 5) is 9.29. The van der Waals surface area contributed by atoms with Crippen LogP contribution in [0, 0.1) is 0 Å². The van der Waals surface area contributed by atoms with Crippen LogP contribution >= 0.6 is 0 Å². The van der Waals surface area contributed by atoms with Crippen molar-refractivity contribution in [3.05, 3.63) is 24.0 Å². The van der Waals surface area contributed by atoms with E-state index < -0.39 is 0 Å². The van der Waals surface area contributed by atoms with Gasteiger partial charge in [-0.2, -0.15) is 0 Å². The number of nitrogens with zero attached hydrogens (tertiary/aromatic N) is 3. The smallest absolute Gasteiger partial charge is 0.0564 e. The van der Waals surface area contributed by atoms with Crippen LogP contribution in [0.5, 0.6) is 0 Å². The fourth-order valence-electron chi connectivity index (χ4n) is 2.60. The van der Waals surface area contributed by atoms with E-state index in [4.69, 9.17) is 0 Å². The first kappa shape index (κ1) is 13.3. The molecule has 0 aliphatic carbocycles. The summed E-state index contributed by atoms with van der Waals surface area (Å²) in [6.45, 7) is 3.33. The van der Waals surface area contributed by atoms with Crippen LogP contribution in [-0.4, -0.2) is 55.1 Å². The van der Waals surface area contributed by atoms with Crippen LogP contribution in [-0.2, 0) is 6.54 Å². The molecule has 100 valence electrons. The zero-order chi connectivity index (χ0) is 13.0. The predicted octanol–water partition coefficient (Wildman–Crippen LogP) is 1.65. The van der Waals surface area contributed by atoms with E-state index in [1.165, 1.54) is 25.9 Å². The van der Waals surface area contributed by atoms with Crippen LogP contribution in [0.25, 0.3) is 0 Å². The molecule has 4 heteroatoms. The average Bonchev–Trinajstić information content (AvgIpc) is 2.39. The third kappa shape index (κ3) is 3.43. The lowest BCUT2D eigenvalue weighted by Gasteiger charge is -2.35. The van der Waals surface area contributed by atoms with Crippen LogP contribution in [0.3, 0.4) is 0 Å². The van der Waals surface area contributed by atoms with Gasteiger partial charge in [-0.25, -0.2) is 0 Å². The molecule has 0 spiro atoms. The van der Waals surface area contributed by atoms with E-state index in [1.807, 2.05) is 19.3 Å². The zero-order valence-electron chi connectivity index (χ0n) is 11.7. The van der Waals surface area contributed by atoms with Crippen molar-refractivity contribution in [2.45, 2.75) is 25.4 Å². The summed E-state index contributed by atoms with van der Waals surface area (Å²) in [5, 5.41) is 3.16. The summed E-state index contributed by atoms with van der Waals surface area (Å²) >= 11 is 0. The molecule has 0 amide bonds. The van der Waals surface area contributed by atoms with Crippen LogP contribution in [0.2, 0.25) is 0 Å². The standard InChI is InChI=1S/C14H24N4/c1-15-12-6-7-16-13(9-12)10-18(3)14-5-4-8-17(2)11-14/h6-7,9,14H,4-5,8,10-11H2,1-3H3,(H,15,16). The first-order valence-electron chi connectivity index (χ1n) is 6.70. The van der Waals surface area contributed by atoms with Gasteiger partial charge in [-0.05, 0) is 45.6 Å². The Kier molecular flexibility index (Phi) is 4.55. The number of hydrogen-bond donors (Lipinski definition) is 1. The minimum absolute atomic E-state index is 0.656. The van der Waals surface area contributed by atoms with Gasteiger partial charge < -0.3 is 10.2 Å². The molecule has 0 radical (unpaired) electrons. The van der Waals surface area contributed by atoms with Crippen molar-refractivity contribution < 1.29 is 0 Å². The first-order valence-corrected chi connectivity index (χ1v) is 6.70. The summed E-state index contributed by atoms with van der Waals surface area (Å²) < 4.78 is 0. The summed E-state index contributed by atoms with van der Waals surface area (Å²) in [6, 6.07) is 4.78. The maximum absolute atomic E-state index is 4.45. The van der Waals surface area contributed by atoms with Gasteiger partial charge in [0.15, 0.2) is 0 Å². The number of aromatic nitrogens is 1. The molecule has 1 saturated heterocycles. The van der Waals surface area contributed by atoms with Crippen LogP contribution in [0.15, 0.2) is 18.3 Å². The molecule has 1 aromatic heterocycles. The van der Waals surface area contributed by atoms with E-state index in [1.54, 1.807) is 0 Å². The normalized spacial score (nSPS) is 21.2. The number of nitrogens with one attached hydrogen (secondary N) is 1. The molecule has 1 aliphatic heterocycles. The Morgan fingerprint density at radius 1 is 1.56 bits per heavy atom. The molecular formula is C14H24N4. The molecule has 4 nitrogen and oxygen atoms in total. The average molecular weight is 248 g/mol. The van der Waals surface area contributed by atoms with Crippen molar-refractivity contribution in [1.82, 2.24) is 14.8 Å². The van der Waals surface area contributed by atoms with E-state index >= 15 is 0 Å². The Morgan fingerprint density at radius 2 is 2.39 bits per heavy atom. The predicted molar refractivity (Wildman–Crippen MR) is 75.8 cm³/mol. The van der Waals surface area contributed by atoms with Gasteiger partial charge in [-0.1, -0.05) is 0 Å². The third-order valence-electron chi connectivity index (χ3n) is 3.74. The number of rotatable bonds is 4. The van der Waals surface area contributed by atoms with E-state index in [0.717, 1.165) is 17.9 Å². The molecule has 0 aromatic carbocycles. The second-order valence-corrected chi connectivity index (χ2v) is 5.26. The molecule has 2 rings (SSSR count). The number of anilines is 1. The second-order valence-electron chi connectivity index (χ2n) is 5.26. The Hall–Kier alpha value is -1.13. The number of pyridine rings is 1. The van der Waals surface area contributed by atoms with Crippen molar-refractivity contribution in [2.24, 2.45) is 0 Å². The number of likely N-dealkylation sites (N-methyl/N-ethyl adjacent to an activating group) is 2. The van der Waals surface area contributed by atoms with Crippen LogP contribution < -0.4 is 5.32 Å². The molecule has 1 N–H and O–H groups in total. The van der Waals surface area contributed by atoms with Crippen molar-refractivity contribution >= 4 is 5.69 Å². The Labute approximate surface area is 110 Å². The molecule has 1 aliphatic rings. The van der Waals surface area contributed by atoms with Crippen LogP contribution in [0.1, 0.15) is 18.5 Å². The lowest BCUT2D eigenvalue weighted by atomic mass is 10.0. The first-order chi connectivity index (χ1) is 8.69. The van der Waals surface area contributed by atoms with E-state index in [9.17, 15) is 0 Å². The van der Waals surface area contributed by atoms with E-state index in [0.29, 0.717) is 6.04 Å². The molecule has 1 fully saturated rings. The van der Waals surface area contributed by atoms with Gasteiger partial charge in [0.1, 0.15) is 0 Å². The van der Waals surface area contributed by atoms with Gasteiger partial charge in [0.05, 0.1) is 5.69 Å². The largest absolute Gasteiger partial charge is 0.388 e. The van der Waals surface area contributed by atoms with Gasteiger partial charge in [-0.15, -0.1) is 0 Å². The SMILES string of the molecule is CNc1ccnc(CN(C)C2CCCN(C)C2)c1.